The van der Waals surface area contributed by atoms with Crippen molar-refractivity contribution < 1.29 is 23.5 Å². The molecular weight excluding hydrogens is 362 g/mol. The molecule has 0 saturated carbocycles. The summed E-state index contributed by atoms with van der Waals surface area (Å²) in [5, 5.41) is 3.32. The number of urea groups is 1. The van der Waals surface area contributed by atoms with Gasteiger partial charge in [-0.1, -0.05) is 17.7 Å². The van der Waals surface area contributed by atoms with Crippen LogP contribution in [0.25, 0.3) is 0 Å². The maximum atomic E-state index is 12.6. The normalized spacial score (nSPS) is 10.5. The Morgan fingerprint density at radius 2 is 2.12 bits per heavy atom. The molecule has 0 fully saturated rings. The molecule has 140 valence electrons. The van der Waals surface area contributed by atoms with E-state index < -0.39 is 5.97 Å². The number of esters is 1. The predicted molar refractivity (Wildman–Crippen MR) is 95.3 cm³/mol. The molecule has 1 aromatic carbocycles. The second kappa shape index (κ2) is 9.21. The van der Waals surface area contributed by atoms with E-state index in [9.17, 15) is 9.59 Å². The van der Waals surface area contributed by atoms with Crippen molar-refractivity contribution in [3.05, 3.63) is 46.6 Å². The zero-order valence-electron chi connectivity index (χ0n) is 14.7. The van der Waals surface area contributed by atoms with Crippen molar-refractivity contribution in [1.29, 1.82) is 0 Å². The minimum Gasteiger partial charge on any atom is -0.464 e. The van der Waals surface area contributed by atoms with Crippen LogP contribution in [0.1, 0.15) is 21.9 Å². The van der Waals surface area contributed by atoms with Gasteiger partial charge >= 0.3 is 12.0 Å². The summed E-state index contributed by atoms with van der Waals surface area (Å²) in [6.07, 6.45) is 1.19. The molecule has 1 aromatic heterocycles. The maximum Gasteiger partial charge on any atom is 0.360 e. The number of nitrogens with one attached hydrogen (secondary N) is 1. The first-order valence-electron chi connectivity index (χ1n) is 7.78. The van der Waals surface area contributed by atoms with Crippen molar-refractivity contribution >= 4 is 29.3 Å². The third-order valence-electron chi connectivity index (χ3n) is 3.55. The number of amides is 2. The molecule has 1 N–H and O–H groups in total. The van der Waals surface area contributed by atoms with Crippen LogP contribution in [0, 0.1) is 6.92 Å². The van der Waals surface area contributed by atoms with Crippen LogP contribution in [-0.4, -0.2) is 49.3 Å². The van der Waals surface area contributed by atoms with Crippen LogP contribution in [0.5, 0.6) is 0 Å². The molecule has 0 radical (unpaired) electrons. The van der Waals surface area contributed by atoms with Crippen LogP contribution < -0.4 is 5.32 Å². The minimum absolute atomic E-state index is 0.0416. The monoisotopic (exact) mass is 381 g/mol. The number of rotatable bonds is 7. The molecule has 2 amide bonds. The molecular formula is C17H20ClN3O5. The molecule has 1 heterocycles. The first kappa shape index (κ1) is 19.7. The highest BCUT2D eigenvalue weighted by molar-refractivity contribution is 6.31. The van der Waals surface area contributed by atoms with E-state index in [0.717, 1.165) is 5.56 Å². The summed E-state index contributed by atoms with van der Waals surface area (Å²) in [7, 11) is 2.79. The molecule has 8 nitrogen and oxygen atoms in total. The Bertz CT molecular complexity index is 778. The molecule has 0 aliphatic heterocycles. The number of ether oxygens (including phenoxy) is 2. The Balaban J connectivity index is 2.09. The number of oxazole rings is 1. The van der Waals surface area contributed by atoms with E-state index in [2.05, 4.69) is 15.0 Å². The molecule has 2 aromatic rings. The highest BCUT2D eigenvalue weighted by Crippen LogP contribution is 2.20. The van der Waals surface area contributed by atoms with Gasteiger partial charge in [0, 0.05) is 24.4 Å². The molecule has 0 unspecified atom stereocenters. The summed E-state index contributed by atoms with van der Waals surface area (Å²) in [5.74, 6) is -0.402. The number of benzene rings is 1. The first-order chi connectivity index (χ1) is 12.4. The number of aryl methyl sites for hydroxylation is 1. The third-order valence-corrected chi connectivity index (χ3v) is 3.96. The van der Waals surface area contributed by atoms with Crippen LogP contribution in [0.15, 0.2) is 28.9 Å². The second-order valence-electron chi connectivity index (χ2n) is 5.43. The number of halogens is 1. The number of hydrogen-bond donors (Lipinski definition) is 1. The second-order valence-corrected chi connectivity index (χ2v) is 5.83. The van der Waals surface area contributed by atoms with Gasteiger partial charge in [-0.05, 0) is 24.6 Å². The van der Waals surface area contributed by atoms with Gasteiger partial charge < -0.3 is 24.1 Å². The lowest BCUT2D eigenvalue weighted by atomic mass is 10.2. The molecule has 0 aliphatic carbocycles. The largest absolute Gasteiger partial charge is 0.464 e. The fraction of sp³-hybridized carbons (Fsp3) is 0.353. The fourth-order valence-electron chi connectivity index (χ4n) is 2.07. The van der Waals surface area contributed by atoms with Gasteiger partial charge in [-0.15, -0.1) is 0 Å². The molecule has 2 rings (SSSR count). The standard InChI is InChI=1S/C17H20ClN3O5/c1-11-4-5-12(8-13(11)18)19-17(23)21(6-7-24-2)9-15-20-14(10-26-15)16(22)25-3/h4-5,8,10H,6-7,9H2,1-3H3,(H,19,23). The van der Waals surface area contributed by atoms with Crippen LogP contribution in [0.3, 0.4) is 0 Å². The molecule has 0 spiro atoms. The van der Waals surface area contributed by atoms with Crippen LogP contribution in [0.4, 0.5) is 10.5 Å². The van der Waals surface area contributed by atoms with E-state index in [-0.39, 0.29) is 24.2 Å². The minimum atomic E-state index is -0.609. The summed E-state index contributed by atoms with van der Waals surface area (Å²) in [4.78, 5) is 29.5. The third kappa shape index (κ3) is 5.21. The molecule has 26 heavy (non-hydrogen) atoms. The number of nitrogens with zero attached hydrogens (tertiary/aromatic N) is 2. The van der Waals surface area contributed by atoms with Crippen LogP contribution in [-0.2, 0) is 16.0 Å². The van der Waals surface area contributed by atoms with Crippen molar-refractivity contribution in [1.82, 2.24) is 9.88 Å². The predicted octanol–water partition coefficient (Wildman–Crippen LogP) is 3.10. The number of anilines is 1. The van der Waals surface area contributed by atoms with Gasteiger partial charge in [-0.3, -0.25) is 0 Å². The van der Waals surface area contributed by atoms with Crippen molar-refractivity contribution in [3.63, 3.8) is 0 Å². The van der Waals surface area contributed by atoms with Crippen molar-refractivity contribution in [2.24, 2.45) is 0 Å². The molecule has 0 bridgehead atoms. The molecule has 9 heteroatoms. The quantitative estimate of drug-likeness (QED) is 0.740. The van der Waals surface area contributed by atoms with Gasteiger partial charge in [0.25, 0.3) is 0 Å². The van der Waals surface area contributed by atoms with Crippen molar-refractivity contribution in [2.45, 2.75) is 13.5 Å². The molecule has 0 atom stereocenters. The molecule has 0 saturated heterocycles. The van der Waals surface area contributed by atoms with E-state index in [4.69, 9.17) is 20.8 Å². The topological polar surface area (TPSA) is 93.9 Å². The Kier molecular flexibility index (Phi) is 6.99. The van der Waals surface area contributed by atoms with E-state index in [1.807, 2.05) is 13.0 Å². The summed E-state index contributed by atoms with van der Waals surface area (Å²) in [5.41, 5.74) is 1.52. The lowest BCUT2D eigenvalue weighted by molar-refractivity contribution is 0.0594. The number of aromatic nitrogens is 1. The Morgan fingerprint density at radius 1 is 1.35 bits per heavy atom. The smallest absolute Gasteiger partial charge is 0.360 e. The maximum absolute atomic E-state index is 12.6. The Hall–Kier alpha value is -2.58. The Labute approximate surface area is 156 Å². The zero-order chi connectivity index (χ0) is 19.1. The summed E-state index contributed by atoms with van der Waals surface area (Å²) < 4.78 is 14.9. The summed E-state index contributed by atoms with van der Waals surface area (Å²) in [6, 6.07) is 4.87. The van der Waals surface area contributed by atoms with Gasteiger partial charge in [0.2, 0.25) is 5.89 Å². The van der Waals surface area contributed by atoms with E-state index in [1.165, 1.54) is 25.4 Å². The van der Waals surface area contributed by atoms with Crippen LogP contribution in [0.2, 0.25) is 5.02 Å². The average Bonchev–Trinajstić information content (AvgIpc) is 3.09. The number of methoxy groups -OCH3 is 2. The number of carbonyl (C=O) groups is 2. The van der Waals surface area contributed by atoms with Crippen molar-refractivity contribution in [3.8, 4) is 0 Å². The van der Waals surface area contributed by atoms with Gasteiger partial charge in [-0.2, -0.15) is 0 Å². The van der Waals surface area contributed by atoms with E-state index in [0.29, 0.717) is 23.9 Å². The highest BCUT2D eigenvalue weighted by atomic mass is 35.5. The van der Waals surface area contributed by atoms with Gasteiger partial charge in [0.05, 0.1) is 20.3 Å². The summed E-state index contributed by atoms with van der Waals surface area (Å²) >= 11 is 6.08. The summed E-state index contributed by atoms with van der Waals surface area (Å²) in [6.45, 7) is 2.57. The van der Waals surface area contributed by atoms with Crippen LogP contribution >= 0.6 is 11.6 Å². The number of hydrogen-bond acceptors (Lipinski definition) is 6. The van der Waals surface area contributed by atoms with Gasteiger partial charge in [-0.25, -0.2) is 14.6 Å². The number of carbonyl (C=O) groups excluding carboxylic acids is 2. The Morgan fingerprint density at radius 3 is 2.77 bits per heavy atom. The SMILES string of the molecule is COCCN(Cc1nc(C(=O)OC)co1)C(=O)Nc1ccc(C)c(Cl)c1. The van der Waals surface area contributed by atoms with E-state index in [1.54, 1.807) is 12.1 Å². The van der Waals surface area contributed by atoms with Crippen molar-refractivity contribution in [2.75, 3.05) is 32.7 Å². The lowest BCUT2D eigenvalue weighted by Crippen LogP contribution is -2.37. The van der Waals surface area contributed by atoms with E-state index >= 15 is 0 Å². The highest BCUT2D eigenvalue weighted by Gasteiger charge is 2.19. The lowest BCUT2D eigenvalue weighted by Gasteiger charge is -2.21. The molecule has 0 aliphatic rings. The van der Waals surface area contributed by atoms with Gasteiger partial charge in [0.1, 0.15) is 6.26 Å². The fourth-order valence-corrected chi connectivity index (χ4v) is 2.25. The first-order valence-corrected chi connectivity index (χ1v) is 8.16. The zero-order valence-corrected chi connectivity index (χ0v) is 15.5. The van der Waals surface area contributed by atoms with Gasteiger partial charge in [0.15, 0.2) is 5.69 Å². The average molecular weight is 382 g/mol.